The van der Waals surface area contributed by atoms with Crippen LogP contribution in [0.3, 0.4) is 0 Å². The molecule has 1 heterocycles. The molecule has 5 heteroatoms. The van der Waals surface area contributed by atoms with Gasteiger partial charge in [0.2, 0.25) is 0 Å². The third-order valence-electron chi connectivity index (χ3n) is 2.85. The number of hydrogen-bond donors (Lipinski definition) is 1. The Labute approximate surface area is 108 Å². The molecule has 0 aliphatic carbocycles. The molecular formula is C12H19ClN2O2. The van der Waals surface area contributed by atoms with Gasteiger partial charge in [-0.3, -0.25) is 0 Å². The first-order chi connectivity index (χ1) is 7.85. The molecule has 0 aromatic heterocycles. The number of anilines is 1. The van der Waals surface area contributed by atoms with E-state index < -0.39 is 0 Å². The van der Waals surface area contributed by atoms with Crippen LogP contribution in [0.1, 0.15) is 0 Å². The zero-order valence-corrected chi connectivity index (χ0v) is 11.0. The molecule has 1 fully saturated rings. The topological polar surface area (TPSA) is 33.7 Å². The van der Waals surface area contributed by atoms with Gasteiger partial charge in [0, 0.05) is 37.9 Å². The monoisotopic (exact) mass is 258 g/mol. The minimum Gasteiger partial charge on any atom is -0.493 e. The summed E-state index contributed by atoms with van der Waals surface area (Å²) in [6.45, 7) is 4.15. The first-order valence-electron chi connectivity index (χ1n) is 5.53. The Morgan fingerprint density at radius 1 is 1.06 bits per heavy atom. The second-order valence-electron chi connectivity index (χ2n) is 3.78. The molecule has 0 unspecified atom stereocenters. The van der Waals surface area contributed by atoms with Crippen molar-refractivity contribution in [3.63, 3.8) is 0 Å². The predicted molar refractivity (Wildman–Crippen MR) is 71.9 cm³/mol. The third kappa shape index (κ3) is 3.17. The second-order valence-corrected chi connectivity index (χ2v) is 3.78. The van der Waals surface area contributed by atoms with E-state index in [0.717, 1.165) is 37.7 Å². The molecule has 2 rings (SSSR count). The van der Waals surface area contributed by atoms with Gasteiger partial charge in [-0.2, -0.15) is 0 Å². The average molecular weight is 259 g/mol. The molecule has 17 heavy (non-hydrogen) atoms. The second kappa shape index (κ2) is 6.57. The van der Waals surface area contributed by atoms with Crippen molar-refractivity contribution in [3.05, 3.63) is 18.2 Å². The van der Waals surface area contributed by atoms with Crippen LogP contribution in [0.2, 0.25) is 0 Å². The summed E-state index contributed by atoms with van der Waals surface area (Å²) in [5.74, 6) is 1.57. The normalized spacial score (nSPS) is 15.1. The smallest absolute Gasteiger partial charge is 0.162 e. The molecule has 0 atom stereocenters. The Kier molecular flexibility index (Phi) is 5.38. The number of nitrogens with one attached hydrogen (secondary N) is 1. The molecule has 1 saturated heterocycles. The van der Waals surface area contributed by atoms with Gasteiger partial charge in [-0.15, -0.1) is 12.4 Å². The summed E-state index contributed by atoms with van der Waals surface area (Å²) in [7, 11) is 3.32. The summed E-state index contributed by atoms with van der Waals surface area (Å²) < 4.78 is 10.5. The molecule has 1 aromatic carbocycles. The van der Waals surface area contributed by atoms with Crippen LogP contribution in [0.25, 0.3) is 0 Å². The standard InChI is InChI=1S/C12H18N2O2.ClH/c1-15-11-4-3-10(9-12(11)16-2)14-7-5-13-6-8-14;/h3-4,9,13H,5-8H2,1-2H3;1H. The maximum absolute atomic E-state index is 5.30. The molecule has 4 nitrogen and oxygen atoms in total. The van der Waals surface area contributed by atoms with Crippen molar-refractivity contribution < 1.29 is 9.47 Å². The van der Waals surface area contributed by atoms with Crippen LogP contribution in [0.15, 0.2) is 18.2 Å². The molecule has 0 radical (unpaired) electrons. The molecule has 0 amide bonds. The molecule has 1 aromatic rings. The molecule has 0 spiro atoms. The van der Waals surface area contributed by atoms with E-state index in [9.17, 15) is 0 Å². The summed E-state index contributed by atoms with van der Waals surface area (Å²) in [5, 5.41) is 3.34. The fourth-order valence-corrected chi connectivity index (χ4v) is 1.94. The lowest BCUT2D eigenvalue weighted by Gasteiger charge is -2.29. The quantitative estimate of drug-likeness (QED) is 0.892. The highest BCUT2D eigenvalue weighted by Crippen LogP contribution is 2.31. The number of methoxy groups -OCH3 is 2. The number of ether oxygens (including phenoxy) is 2. The van der Waals surface area contributed by atoms with Gasteiger partial charge >= 0.3 is 0 Å². The van der Waals surface area contributed by atoms with Gasteiger partial charge in [0.25, 0.3) is 0 Å². The lowest BCUT2D eigenvalue weighted by atomic mass is 10.2. The zero-order valence-electron chi connectivity index (χ0n) is 10.2. The van der Waals surface area contributed by atoms with Crippen LogP contribution in [0, 0.1) is 0 Å². The minimum atomic E-state index is 0. The highest BCUT2D eigenvalue weighted by Gasteiger charge is 2.12. The average Bonchev–Trinajstić information content (AvgIpc) is 2.39. The highest BCUT2D eigenvalue weighted by atomic mass is 35.5. The molecule has 0 saturated carbocycles. The van der Waals surface area contributed by atoms with Crippen LogP contribution >= 0.6 is 12.4 Å². The summed E-state index contributed by atoms with van der Waals surface area (Å²) in [4.78, 5) is 2.35. The number of piperazine rings is 1. The van der Waals surface area contributed by atoms with Crippen molar-refractivity contribution in [3.8, 4) is 11.5 Å². The molecule has 96 valence electrons. The number of benzene rings is 1. The van der Waals surface area contributed by atoms with Crippen molar-refractivity contribution in [2.45, 2.75) is 0 Å². The molecule has 0 bridgehead atoms. The SMILES string of the molecule is COc1ccc(N2CCNCC2)cc1OC.Cl. The van der Waals surface area contributed by atoms with Crippen LogP contribution in [-0.2, 0) is 0 Å². The van der Waals surface area contributed by atoms with Crippen molar-refractivity contribution in [1.82, 2.24) is 5.32 Å². The van der Waals surface area contributed by atoms with E-state index in [1.165, 1.54) is 5.69 Å². The summed E-state index contributed by atoms with van der Waals surface area (Å²) in [6.07, 6.45) is 0. The van der Waals surface area contributed by atoms with E-state index in [-0.39, 0.29) is 12.4 Å². The summed E-state index contributed by atoms with van der Waals surface area (Å²) in [5.41, 5.74) is 1.19. The van der Waals surface area contributed by atoms with Gasteiger partial charge in [0.1, 0.15) is 0 Å². The lowest BCUT2D eigenvalue weighted by molar-refractivity contribution is 0.355. The minimum absolute atomic E-state index is 0. The van der Waals surface area contributed by atoms with Crippen LogP contribution in [-0.4, -0.2) is 40.4 Å². The molecule has 1 aliphatic rings. The third-order valence-corrected chi connectivity index (χ3v) is 2.85. The van der Waals surface area contributed by atoms with Crippen LogP contribution < -0.4 is 19.7 Å². The van der Waals surface area contributed by atoms with E-state index in [2.05, 4.69) is 16.3 Å². The van der Waals surface area contributed by atoms with Gasteiger partial charge in [-0.25, -0.2) is 0 Å². The Morgan fingerprint density at radius 3 is 2.29 bits per heavy atom. The van der Waals surface area contributed by atoms with Crippen molar-refractivity contribution in [2.24, 2.45) is 0 Å². The number of halogens is 1. The van der Waals surface area contributed by atoms with Crippen LogP contribution in [0.5, 0.6) is 11.5 Å². The predicted octanol–water partition coefficient (Wildman–Crippen LogP) is 1.54. The van der Waals surface area contributed by atoms with Crippen molar-refractivity contribution in [2.75, 3.05) is 45.3 Å². The summed E-state index contributed by atoms with van der Waals surface area (Å²) in [6, 6.07) is 6.06. The largest absolute Gasteiger partial charge is 0.493 e. The first-order valence-corrected chi connectivity index (χ1v) is 5.53. The van der Waals surface area contributed by atoms with Gasteiger partial charge < -0.3 is 19.7 Å². The van der Waals surface area contributed by atoms with Gasteiger partial charge in [0.05, 0.1) is 14.2 Å². The lowest BCUT2D eigenvalue weighted by Crippen LogP contribution is -2.43. The fourth-order valence-electron chi connectivity index (χ4n) is 1.94. The number of nitrogens with zero attached hydrogens (tertiary/aromatic N) is 1. The Balaban J connectivity index is 0.00000144. The van der Waals surface area contributed by atoms with Gasteiger partial charge in [-0.1, -0.05) is 0 Å². The van der Waals surface area contributed by atoms with E-state index in [1.54, 1.807) is 14.2 Å². The summed E-state index contributed by atoms with van der Waals surface area (Å²) >= 11 is 0. The number of hydrogen-bond acceptors (Lipinski definition) is 4. The van der Waals surface area contributed by atoms with Crippen molar-refractivity contribution in [1.29, 1.82) is 0 Å². The molecular weight excluding hydrogens is 240 g/mol. The van der Waals surface area contributed by atoms with Crippen molar-refractivity contribution >= 4 is 18.1 Å². The van der Waals surface area contributed by atoms with Gasteiger partial charge in [0.15, 0.2) is 11.5 Å². The molecule has 1 aliphatic heterocycles. The maximum Gasteiger partial charge on any atom is 0.162 e. The maximum atomic E-state index is 5.30. The molecule has 1 N–H and O–H groups in total. The Bertz CT molecular complexity index is 354. The van der Waals surface area contributed by atoms with Crippen LogP contribution in [0.4, 0.5) is 5.69 Å². The Morgan fingerprint density at radius 2 is 1.71 bits per heavy atom. The zero-order chi connectivity index (χ0) is 11.4. The first kappa shape index (κ1) is 13.9. The number of rotatable bonds is 3. The fraction of sp³-hybridized carbons (Fsp3) is 0.500. The van der Waals surface area contributed by atoms with Gasteiger partial charge in [-0.05, 0) is 12.1 Å². The van der Waals surface area contributed by atoms with E-state index in [0.29, 0.717) is 0 Å². The van der Waals surface area contributed by atoms with E-state index in [1.807, 2.05) is 12.1 Å². The Hall–Kier alpha value is -1.13. The van der Waals surface area contributed by atoms with E-state index >= 15 is 0 Å². The van der Waals surface area contributed by atoms with E-state index in [4.69, 9.17) is 9.47 Å². The highest BCUT2D eigenvalue weighted by molar-refractivity contribution is 5.85.